The highest BCUT2D eigenvalue weighted by molar-refractivity contribution is 6.05. The molecule has 5 nitrogen and oxygen atoms in total. The van der Waals surface area contributed by atoms with Crippen LogP contribution in [0.5, 0.6) is 0 Å². The van der Waals surface area contributed by atoms with Crippen molar-refractivity contribution in [2.24, 2.45) is 7.05 Å². The number of aromatic nitrogens is 1. The molecular weight excluding hydrogens is 256 g/mol. The minimum atomic E-state index is -0.617. The number of para-hydroxylation sites is 1. The van der Waals surface area contributed by atoms with Crippen LogP contribution in [0.2, 0.25) is 0 Å². The molecule has 2 rings (SSSR count). The first-order chi connectivity index (χ1) is 9.45. The van der Waals surface area contributed by atoms with Crippen LogP contribution in [0.1, 0.15) is 34.1 Å². The standard InChI is InChI=1S/C15H18N2O3/c1-5-11-8-6-7-9(2)13(11)16-14(18)12-10(3)17(4)20-15(12)19/h6-8H,5H2,1-4H3,(H,16,18). The van der Waals surface area contributed by atoms with E-state index in [0.29, 0.717) is 5.69 Å². The van der Waals surface area contributed by atoms with Crippen LogP contribution in [0.4, 0.5) is 5.69 Å². The summed E-state index contributed by atoms with van der Waals surface area (Å²) in [5, 5.41) is 2.83. The quantitative estimate of drug-likeness (QED) is 0.934. The van der Waals surface area contributed by atoms with Crippen molar-refractivity contribution in [3.63, 3.8) is 0 Å². The Bertz CT molecular complexity index is 710. The topological polar surface area (TPSA) is 64.2 Å². The Morgan fingerprint density at radius 1 is 1.35 bits per heavy atom. The summed E-state index contributed by atoms with van der Waals surface area (Å²) in [6.45, 7) is 5.63. The third kappa shape index (κ3) is 2.39. The zero-order valence-corrected chi connectivity index (χ0v) is 12.1. The van der Waals surface area contributed by atoms with Gasteiger partial charge in [-0.25, -0.2) is 9.53 Å². The second kappa shape index (κ2) is 5.36. The fourth-order valence-corrected chi connectivity index (χ4v) is 2.18. The van der Waals surface area contributed by atoms with Crippen molar-refractivity contribution in [3.8, 4) is 0 Å². The summed E-state index contributed by atoms with van der Waals surface area (Å²) in [5.74, 6) is -0.430. The summed E-state index contributed by atoms with van der Waals surface area (Å²) in [6, 6.07) is 5.84. The number of amides is 1. The van der Waals surface area contributed by atoms with E-state index in [1.807, 2.05) is 32.0 Å². The summed E-state index contributed by atoms with van der Waals surface area (Å²) in [7, 11) is 1.60. The highest BCUT2D eigenvalue weighted by Gasteiger charge is 2.20. The Morgan fingerprint density at radius 2 is 2.05 bits per heavy atom. The Labute approximate surface area is 117 Å². The molecule has 2 aromatic rings. The van der Waals surface area contributed by atoms with Gasteiger partial charge in [0, 0.05) is 12.7 Å². The normalized spacial score (nSPS) is 10.6. The average molecular weight is 274 g/mol. The van der Waals surface area contributed by atoms with E-state index in [0.717, 1.165) is 23.2 Å². The Morgan fingerprint density at radius 3 is 2.60 bits per heavy atom. The SMILES string of the molecule is CCc1cccc(C)c1NC(=O)c1c(C)n(C)oc1=O. The lowest BCUT2D eigenvalue weighted by Gasteiger charge is -2.12. The van der Waals surface area contributed by atoms with E-state index < -0.39 is 11.5 Å². The molecule has 0 atom stereocenters. The molecular formula is C15H18N2O3. The monoisotopic (exact) mass is 274 g/mol. The van der Waals surface area contributed by atoms with Crippen LogP contribution in [0.3, 0.4) is 0 Å². The fourth-order valence-electron chi connectivity index (χ4n) is 2.18. The van der Waals surface area contributed by atoms with Crippen LogP contribution in [0.15, 0.2) is 27.5 Å². The maximum Gasteiger partial charge on any atom is 0.370 e. The highest BCUT2D eigenvalue weighted by Crippen LogP contribution is 2.21. The van der Waals surface area contributed by atoms with Gasteiger partial charge in [0.05, 0.1) is 5.69 Å². The number of rotatable bonds is 3. The van der Waals surface area contributed by atoms with Crippen molar-refractivity contribution >= 4 is 11.6 Å². The predicted molar refractivity (Wildman–Crippen MR) is 77.2 cm³/mol. The Kier molecular flexibility index (Phi) is 3.79. The molecule has 0 radical (unpaired) electrons. The fraction of sp³-hybridized carbons (Fsp3) is 0.333. The average Bonchev–Trinajstić information content (AvgIpc) is 2.65. The van der Waals surface area contributed by atoms with Crippen LogP contribution in [0, 0.1) is 13.8 Å². The summed E-state index contributed by atoms with van der Waals surface area (Å²) < 4.78 is 6.19. The van der Waals surface area contributed by atoms with E-state index >= 15 is 0 Å². The van der Waals surface area contributed by atoms with Crippen molar-refractivity contribution in [1.29, 1.82) is 0 Å². The van der Waals surface area contributed by atoms with Gasteiger partial charge in [-0.05, 0) is 31.4 Å². The lowest BCUT2D eigenvalue weighted by molar-refractivity contribution is 0.102. The van der Waals surface area contributed by atoms with Gasteiger partial charge in [0.25, 0.3) is 5.91 Å². The van der Waals surface area contributed by atoms with Gasteiger partial charge in [-0.1, -0.05) is 25.1 Å². The molecule has 0 aliphatic heterocycles. The first-order valence-electron chi connectivity index (χ1n) is 6.52. The summed E-state index contributed by atoms with van der Waals surface area (Å²) in [5.41, 5.74) is 2.72. The van der Waals surface area contributed by atoms with Crippen molar-refractivity contribution in [2.75, 3.05) is 5.32 Å². The van der Waals surface area contributed by atoms with E-state index in [9.17, 15) is 9.59 Å². The van der Waals surface area contributed by atoms with E-state index in [2.05, 4.69) is 5.32 Å². The van der Waals surface area contributed by atoms with E-state index in [1.54, 1.807) is 14.0 Å². The molecule has 5 heteroatoms. The van der Waals surface area contributed by atoms with Gasteiger partial charge in [0.1, 0.15) is 5.56 Å². The van der Waals surface area contributed by atoms with Gasteiger partial charge in [0.2, 0.25) is 0 Å². The smallest absolute Gasteiger partial charge is 0.336 e. The van der Waals surface area contributed by atoms with Crippen LogP contribution < -0.4 is 10.9 Å². The van der Waals surface area contributed by atoms with Gasteiger partial charge >= 0.3 is 5.63 Å². The lowest BCUT2D eigenvalue weighted by atomic mass is 10.1. The van der Waals surface area contributed by atoms with E-state index in [-0.39, 0.29) is 5.56 Å². The summed E-state index contributed by atoms with van der Waals surface area (Å²) in [6.07, 6.45) is 0.805. The van der Waals surface area contributed by atoms with Gasteiger partial charge < -0.3 is 9.84 Å². The zero-order chi connectivity index (χ0) is 14.9. The second-order valence-electron chi connectivity index (χ2n) is 4.75. The molecule has 20 heavy (non-hydrogen) atoms. The van der Waals surface area contributed by atoms with Crippen LogP contribution in [-0.4, -0.2) is 10.6 Å². The molecule has 0 aliphatic carbocycles. The maximum atomic E-state index is 12.3. The molecule has 106 valence electrons. The minimum Gasteiger partial charge on any atom is -0.336 e. The number of aryl methyl sites for hydroxylation is 3. The molecule has 0 unspecified atom stereocenters. The number of nitrogens with one attached hydrogen (secondary N) is 1. The highest BCUT2D eigenvalue weighted by atomic mass is 16.5. The largest absolute Gasteiger partial charge is 0.370 e. The Balaban J connectivity index is 2.40. The molecule has 0 spiro atoms. The number of hydrogen-bond acceptors (Lipinski definition) is 3. The van der Waals surface area contributed by atoms with Crippen molar-refractivity contribution < 1.29 is 9.32 Å². The zero-order valence-electron chi connectivity index (χ0n) is 12.1. The van der Waals surface area contributed by atoms with E-state index in [4.69, 9.17) is 4.52 Å². The third-order valence-corrected chi connectivity index (χ3v) is 3.46. The van der Waals surface area contributed by atoms with Gasteiger partial charge in [-0.15, -0.1) is 0 Å². The van der Waals surface area contributed by atoms with Crippen LogP contribution >= 0.6 is 0 Å². The number of benzene rings is 1. The molecule has 1 heterocycles. The molecule has 0 saturated carbocycles. The molecule has 0 bridgehead atoms. The van der Waals surface area contributed by atoms with Gasteiger partial charge in [-0.2, -0.15) is 0 Å². The first kappa shape index (κ1) is 14.1. The van der Waals surface area contributed by atoms with Crippen LogP contribution in [-0.2, 0) is 13.5 Å². The molecule has 1 aromatic carbocycles. The predicted octanol–water partition coefficient (Wildman–Crippen LogP) is 2.41. The lowest BCUT2D eigenvalue weighted by Crippen LogP contribution is -2.20. The number of hydrogen-bond donors (Lipinski definition) is 1. The number of carbonyl (C=O) groups is 1. The maximum absolute atomic E-state index is 12.3. The number of carbonyl (C=O) groups excluding carboxylic acids is 1. The van der Waals surface area contributed by atoms with Crippen molar-refractivity contribution in [1.82, 2.24) is 4.74 Å². The minimum absolute atomic E-state index is 0.0535. The number of anilines is 1. The molecule has 1 aromatic heterocycles. The first-order valence-corrected chi connectivity index (χ1v) is 6.52. The molecule has 0 saturated heterocycles. The number of nitrogens with zero attached hydrogens (tertiary/aromatic N) is 1. The molecule has 1 N–H and O–H groups in total. The van der Waals surface area contributed by atoms with Crippen molar-refractivity contribution in [2.45, 2.75) is 27.2 Å². The second-order valence-corrected chi connectivity index (χ2v) is 4.75. The molecule has 0 aliphatic rings. The molecule has 1 amide bonds. The molecule has 0 fully saturated rings. The summed E-state index contributed by atoms with van der Waals surface area (Å²) in [4.78, 5) is 24.0. The van der Waals surface area contributed by atoms with E-state index in [1.165, 1.54) is 4.74 Å². The van der Waals surface area contributed by atoms with Crippen LogP contribution in [0.25, 0.3) is 0 Å². The third-order valence-electron chi connectivity index (χ3n) is 3.46. The van der Waals surface area contributed by atoms with Gasteiger partial charge in [-0.3, -0.25) is 4.79 Å². The summed E-state index contributed by atoms with van der Waals surface area (Å²) >= 11 is 0. The van der Waals surface area contributed by atoms with Gasteiger partial charge in [0.15, 0.2) is 0 Å². The Hall–Kier alpha value is -2.30. The van der Waals surface area contributed by atoms with Crippen molar-refractivity contribution in [3.05, 3.63) is 51.0 Å².